The number of ether oxygens (including phenoxy) is 1. The van der Waals surface area contributed by atoms with Gasteiger partial charge in [0.1, 0.15) is 18.7 Å². The fraction of sp³-hybridized carbons (Fsp3) is 0.529. The number of carbonyl (C=O) groups excluding carboxylic acids is 1. The largest absolute Gasteiger partial charge is 0.480 e. The van der Waals surface area contributed by atoms with Crippen LogP contribution in [-0.2, 0) is 20.9 Å². The number of aliphatic carboxylic acids is 1. The summed E-state index contributed by atoms with van der Waals surface area (Å²) in [6.07, 6.45) is 0. The molecule has 0 saturated carbocycles. The van der Waals surface area contributed by atoms with Gasteiger partial charge in [-0.3, -0.25) is 9.59 Å². The minimum absolute atomic E-state index is 0.0208. The van der Waals surface area contributed by atoms with Crippen LogP contribution in [0.1, 0.15) is 33.3 Å². The lowest BCUT2D eigenvalue weighted by atomic mass is 10.1. The number of carbonyl (C=O) groups is 2. The smallest absolute Gasteiger partial charge is 0.323 e. The van der Waals surface area contributed by atoms with E-state index in [2.05, 4.69) is 0 Å². The third kappa shape index (κ3) is 8.95. The Hall–Kier alpha value is -1.92. The van der Waals surface area contributed by atoms with Gasteiger partial charge in [-0.2, -0.15) is 0 Å². The summed E-state index contributed by atoms with van der Waals surface area (Å²) >= 11 is 0. The number of benzene rings is 1. The SMILES string of the molecule is CC(C)[C@H](N)C(=O)O.CC(C)[C@H](N)C(=O)OCc1ccccc1. The molecular formula is C17H28N2O4. The number of esters is 1. The minimum atomic E-state index is -0.931. The standard InChI is InChI=1S/C12H17NO2.C5H11NO2/c1-9(2)11(13)12(14)15-8-10-6-4-3-5-7-10;1-3(2)4(6)5(7)8/h3-7,9,11H,8,13H2,1-2H3;3-4H,6H2,1-2H3,(H,7,8)/t11-;4-/m00/s1. The maximum absolute atomic E-state index is 11.4. The third-order valence-electron chi connectivity index (χ3n) is 3.22. The fourth-order valence-corrected chi connectivity index (χ4v) is 1.38. The first-order chi connectivity index (χ1) is 10.7. The molecule has 0 amide bonds. The lowest BCUT2D eigenvalue weighted by molar-refractivity contribution is -0.147. The van der Waals surface area contributed by atoms with Crippen molar-refractivity contribution in [2.45, 2.75) is 46.4 Å². The molecule has 130 valence electrons. The van der Waals surface area contributed by atoms with Crippen LogP contribution in [0.4, 0.5) is 0 Å². The first kappa shape index (κ1) is 21.1. The average molecular weight is 324 g/mol. The second-order valence-electron chi connectivity index (χ2n) is 5.97. The van der Waals surface area contributed by atoms with Crippen LogP contribution < -0.4 is 11.5 Å². The molecule has 23 heavy (non-hydrogen) atoms. The molecule has 1 aromatic carbocycles. The lowest BCUT2D eigenvalue weighted by Gasteiger charge is -2.14. The van der Waals surface area contributed by atoms with Crippen molar-refractivity contribution in [1.29, 1.82) is 0 Å². The number of hydrogen-bond acceptors (Lipinski definition) is 5. The van der Waals surface area contributed by atoms with Crippen LogP contribution >= 0.6 is 0 Å². The van der Waals surface area contributed by atoms with E-state index in [0.29, 0.717) is 6.61 Å². The van der Waals surface area contributed by atoms with Crippen molar-refractivity contribution < 1.29 is 19.4 Å². The van der Waals surface area contributed by atoms with Gasteiger partial charge >= 0.3 is 11.9 Å². The van der Waals surface area contributed by atoms with E-state index in [1.54, 1.807) is 13.8 Å². The highest BCUT2D eigenvalue weighted by atomic mass is 16.5. The number of carboxylic acids is 1. The van der Waals surface area contributed by atoms with E-state index in [9.17, 15) is 9.59 Å². The van der Waals surface area contributed by atoms with Gasteiger partial charge in [-0.05, 0) is 17.4 Å². The van der Waals surface area contributed by atoms with Crippen molar-refractivity contribution in [3.05, 3.63) is 35.9 Å². The Morgan fingerprint density at radius 3 is 1.83 bits per heavy atom. The maximum atomic E-state index is 11.4. The van der Waals surface area contributed by atoms with Gasteiger partial charge in [-0.1, -0.05) is 58.0 Å². The van der Waals surface area contributed by atoms with Gasteiger partial charge in [0.25, 0.3) is 0 Å². The molecule has 0 bridgehead atoms. The quantitative estimate of drug-likeness (QED) is 0.687. The third-order valence-corrected chi connectivity index (χ3v) is 3.22. The zero-order valence-corrected chi connectivity index (χ0v) is 14.2. The Kier molecular flexibility index (Phi) is 9.85. The molecule has 6 heteroatoms. The normalized spacial score (nSPS) is 13.0. The molecule has 0 fully saturated rings. The summed E-state index contributed by atoms with van der Waals surface area (Å²) in [5.41, 5.74) is 11.8. The Bertz CT molecular complexity index is 475. The topological polar surface area (TPSA) is 116 Å². The van der Waals surface area contributed by atoms with Crippen molar-refractivity contribution in [2.24, 2.45) is 23.3 Å². The van der Waals surface area contributed by atoms with Crippen LogP contribution in [0, 0.1) is 11.8 Å². The molecule has 0 saturated heterocycles. The molecule has 0 aliphatic carbocycles. The van der Waals surface area contributed by atoms with Crippen molar-refractivity contribution >= 4 is 11.9 Å². The Morgan fingerprint density at radius 2 is 1.48 bits per heavy atom. The average Bonchev–Trinajstić information content (AvgIpc) is 2.52. The molecule has 0 aliphatic rings. The van der Waals surface area contributed by atoms with E-state index in [1.807, 2.05) is 44.2 Å². The van der Waals surface area contributed by atoms with E-state index in [-0.39, 0.29) is 17.8 Å². The van der Waals surface area contributed by atoms with E-state index in [0.717, 1.165) is 5.56 Å². The summed E-state index contributed by atoms with van der Waals surface area (Å²) in [5, 5.41) is 8.23. The first-order valence-corrected chi connectivity index (χ1v) is 7.61. The predicted octanol–water partition coefficient (Wildman–Crippen LogP) is 1.77. The molecule has 0 aliphatic heterocycles. The van der Waals surface area contributed by atoms with Gasteiger partial charge in [0.05, 0.1) is 0 Å². The maximum Gasteiger partial charge on any atom is 0.323 e. The number of carboxylic acid groups (broad SMARTS) is 1. The van der Waals surface area contributed by atoms with E-state index >= 15 is 0 Å². The Balaban J connectivity index is 0.000000515. The molecule has 0 aromatic heterocycles. The number of rotatable bonds is 6. The minimum Gasteiger partial charge on any atom is -0.480 e. The zero-order chi connectivity index (χ0) is 18.0. The van der Waals surface area contributed by atoms with Crippen LogP contribution in [0.5, 0.6) is 0 Å². The molecule has 0 unspecified atom stereocenters. The summed E-state index contributed by atoms with van der Waals surface area (Å²) in [5.74, 6) is -1.14. The molecule has 6 nitrogen and oxygen atoms in total. The first-order valence-electron chi connectivity index (χ1n) is 7.61. The zero-order valence-electron chi connectivity index (χ0n) is 14.2. The molecule has 5 N–H and O–H groups in total. The highest BCUT2D eigenvalue weighted by molar-refractivity contribution is 5.75. The van der Waals surface area contributed by atoms with Gasteiger partial charge in [0.2, 0.25) is 0 Å². The van der Waals surface area contributed by atoms with Crippen LogP contribution in [-0.4, -0.2) is 29.1 Å². The monoisotopic (exact) mass is 324 g/mol. The van der Waals surface area contributed by atoms with Crippen LogP contribution in [0.15, 0.2) is 30.3 Å². The van der Waals surface area contributed by atoms with Crippen molar-refractivity contribution in [3.63, 3.8) is 0 Å². The number of nitrogens with two attached hydrogens (primary N) is 2. The van der Waals surface area contributed by atoms with Gasteiger partial charge in [-0.15, -0.1) is 0 Å². The van der Waals surface area contributed by atoms with Crippen molar-refractivity contribution in [2.75, 3.05) is 0 Å². The van der Waals surface area contributed by atoms with Crippen molar-refractivity contribution in [3.8, 4) is 0 Å². The summed E-state index contributed by atoms with van der Waals surface area (Å²) in [7, 11) is 0. The summed E-state index contributed by atoms with van der Waals surface area (Å²) in [6, 6.07) is 8.31. The highest BCUT2D eigenvalue weighted by Gasteiger charge is 2.18. The van der Waals surface area contributed by atoms with Gasteiger partial charge in [0, 0.05) is 0 Å². The molecular weight excluding hydrogens is 296 g/mol. The molecule has 1 aromatic rings. The Morgan fingerprint density at radius 1 is 1.00 bits per heavy atom. The predicted molar refractivity (Wildman–Crippen MR) is 89.5 cm³/mol. The summed E-state index contributed by atoms with van der Waals surface area (Å²) in [4.78, 5) is 21.4. The van der Waals surface area contributed by atoms with E-state index in [1.165, 1.54) is 0 Å². The Labute approximate surface area is 137 Å². The molecule has 2 atom stereocenters. The number of hydrogen-bond donors (Lipinski definition) is 3. The van der Waals surface area contributed by atoms with Gasteiger partial charge < -0.3 is 21.3 Å². The van der Waals surface area contributed by atoms with Gasteiger partial charge in [0.15, 0.2) is 0 Å². The van der Waals surface area contributed by atoms with E-state index in [4.69, 9.17) is 21.3 Å². The fourth-order valence-electron chi connectivity index (χ4n) is 1.38. The van der Waals surface area contributed by atoms with Crippen molar-refractivity contribution in [1.82, 2.24) is 0 Å². The molecule has 0 radical (unpaired) electrons. The van der Waals surface area contributed by atoms with Crippen LogP contribution in [0.25, 0.3) is 0 Å². The van der Waals surface area contributed by atoms with Crippen LogP contribution in [0.3, 0.4) is 0 Å². The second-order valence-corrected chi connectivity index (χ2v) is 5.97. The molecule has 0 heterocycles. The molecule has 0 spiro atoms. The lowest BCUT2D eigenvalue weighted by Crippen LogP contribution is -2.36. The van der Waals surface area contributed by atoms with Gasteiger partial charge in [-0.25, -0.2) is 0 Å². The summed E-state index contributed by atoms with van der Waals surface area (Å²) in [6.45, 7) is 7.64. The second kappa shape index (κ2) is 10.7. The molecule has 1 rings (SSSR count). The van der Waals surface area contributed by atoms with E-state index < -0.39 is 18.1 Å². The highest BCUT2D eigenvalue weighted by Crippen LogP contribution is 2.05. The van der Waals surface area contributed by atoms with Crippen LogP contribution in [0.2, 0.25) is 0 Å². The summed E-state index contributed by atoms with van der Waals surface area (Å²) < 4.78 is 5.09.